The molecule has 2 aliphatic rings. The summed E-state index contributed by atoms with van der Waals surface area (Å²) >= 11 is 0. The second kappa shape index (κ2) is 4.80. The maximum Gasteiger partial charge on any atom is 0.352 e. The first-order chi connectivity index (χ1) is 9.80. The summed E-state index contributed by atoms with van der Waals surface area (Å²) in [6, 6.07) is 1.17. The van der Waals surface area contributed by atoms with Gasteiger partial charge in [0.1, 0.15) is 10.6 Å². The van der Waals surface area contributed by atoms with Gasteiger partial charge in [0, 0.05) is 25.3 Å². The summed E-state index contributed by atoms with van der Waals surface area (Å²) in [7, 11) is -3.92. The number of carboxylic acids is 1. The van der Waals surface area contributed by atoms with Gasteiger partial charge in [-0.3, -0.25) is 0 Å². The van der Waals surface area contributed by atoms with Gasteiger partial charge in [0.2, 0.25) is 10.0 Å². The highest BCUT2D eigenvalue weighted by atomic mass is 32.2. The van der Waals surface area contributed by atoms with E-state index >= 15 is 0 Å². The van der Waals surface area contributed by atoms with Crippen molar-refractivity contribution in [2.24, 2.45) is 0 Å². The van der Waals surface area contributed by atoms with Crippen LogP contribution in [-0.2, 0) is 10.0 Å². The van der Waals surface area contributed by atoms with E-state index in [0.717, 1.165) is 23.2 Å². The third-order valence-corrected chi connectivity index (χ3v) is 5.64. The molecule has 0 spiro atoms. The van der Waals surface area contributed by atoms with E-state index in [2.05, 4.69) is 0 Å². The Labute approximate surface area is 121 Å². The van der Waals surface area contributed by atoms with Crippen LogP contribution < -0.4 is 0 Å². The van der Waals surface area contributed by atoms with Gasteiger partial charge in [-0.05, 0) is 18.9 Å². The van der Waals surface area contributed by atoms with Crippen LogP contribution in [0.4, 0.5) is 0 Å². The number of carboxylic acid groups (broad SMARTS) is 1. The van der Waals surface area contributed by atoms with Crippen LogP contribution in [0.3, 0.4) is 0 Å². The highest BCUT2D eigenvalue weighted by Gasteiger charge is 2.39. The number of rotatable bonds is 4. The lowest BCUT2D eigenvalue weighted by molar-refractivity contribution is 0.0572. The first-order valence-corrected chi connectivity index (χ1v) is 8.06. The zero-order valence-corrected chi connectivity index (χ0v) is 11.9. The minimum Gasteiger partial charge on any atom is -0.477 e. The van der Waals surface area contributed by atoms with Gasteiger partial charge in [0.15, 0.2) is 0 Å². The Balaban J connectivity index is 1.96. The number of aromatic nitrogens is 1. The molecule has 116 valence electrons. The predicted molar refractivity (Wildman–Crippen MR) is 70.4 cm³/mol. The number of nitrogens with zero attached hydrogens (tertiary/aromatic N) is 2. The summed E-state index contributed by atoms with van der Waals surface area (Å²) in [4.78, 5) is 11.1. The van der Waals surface area contributed by atoms with Gasteiger partial charge in [-0.1, -0.05) is 0 Å². The zero-order valence-electron chi connectivity index (χ0n) is 11.1. The van der Waals surface area contributed by atoms with Crippen molar-refractivity contribution in [1.29, 1.82) is 0 Å². The molecule has 2 atom stereocenters. The summed E-state index contributed by atoms with van der Waals surface area (Å²) in [6.45, 7) is -0.388. The van der Waals surface area contributed by atoms with Crippen LogP contribution in [0.2, 0.25) is 0 Å². The molecule has 3 N–H and O–H groups in total. The Hall–Kier alpha value is -1.42. The van der Waals surface area contributed by atoms with Crippen molar-refractivity contribution < 1.29 is 28.5 Å². The summed E-state index contributed by atoms with van der Waals surface area (Å²) < 4.78 is 27.4. The van der Waals surface area contributed by atoms with Crippen LogP contribution in [-0.4, -0.2) is 63.9 Å². The lowest BCUT2D eigenvalue weighted by Crippen LogP contribution is -2.29. The standard InChI is InChI=1S/C12H16N2O6S/c15-10-5-13(6-11(10)16)21(19,20)8-3-9(12(17)18)14(4-8)7-1-2-7/h3-4,7,10-11,15-16H,1-2,5-6H2,(H,17,18). The number of hydrogen-bond acceptors (Lipinski definition) is 5. The Kier molecular flexibility index (Phi) is 3.32. The van der Waals surface area contributed by atoms with Crippen molar-refractivity contribution in [2.45, 2.75) is 36.0 Å². The smallest absolute Gasteiger partial charge is 0.352 e. The van der Waals surface area contributed by atoms with E-state index in [0.29, 0.717) is 0 Å². The molecule has 0 bridgehead atoms. The average Bonchev–Trinajstić information content (AvgIpc) is 3.04. The lowest BCUT2D eigenvalue weighted by atomic mass is 10.3. The molecule has 2 fully saturated rings. The van der Waals surface area contributed by atoms with Crippen molar-refractivity contribution in [3.05, 3.63) is 18.0 Å². The number of carbonyl (C=O) groups is 1. The van der Waals surface area contributed by atoms with Gasteiger partial charge in [0.05, 0.1) is 12.2 Å². The molecule has 2 unspecified atom stereocenters. The molecule has 1 saturated heterocycles. The van der Waals surface area contributed by atoms with E-state index in [9.17, 15) is 23.4 Å². The number of β-amino-alcohol motifs (C(OH)–C–C–N with tert-alkyl or cyclic N) is 2. The molecule has 3 rings (SSSR count). The van der Waals surface area contributed by atoms with Gasteiger partial charge in [-0.15, -0.1) is 0 Å². The number of aromatic carboxylic acids is 1. The van der Waals surface area contributed by atoms with E-state index in [4.69, 9.17) is 5.11 Å². The van der Waals surface area contributed by atoms with Crippen LogP contribution in [0.15, 0.2) is 17.2 Å². The molecule has 1 aliphatic heterocycles. The molecular weight excluding hydrogens is 300 g/mol. The molecule has 2 heterocycles. The quantitative estimate of drug-likeness (QED) is 0.672. The average molecular weight is 316 g/mol. The van der Waals surface area contributed by atoms with Crippen molar-refractivity contribution in [2.75, 3.05) is 13.1 Å². The Morgan fingerprint density at radius 2 is 1.76 bits per heavy atom. The molecule has 21 heavy (non-hydrogen) atoms. The number of hydrogen-bond donors (Lipinski definition) is 3. The van der Waals surface area contributed by atoms with Crippen LogP contribution >= 0.6 is 0 Å². The molecule has 0 aromatic carbocycles. The lowest BCUT2D eigenvalue weighted by Gasteiger charge is -2.14. The number of sulfonamides is 1. The maximum absolute atomic E-state index is 12.5. The first-order valence-electron chi connectivity index (χ1n) is 6.62. The topological polar surface area (TPSA) is 120 Å². The Morgan fingerprint density at radius 3 is 2.24 bits per heavy atom. The SMILES string of the molecule is O=C(O)c1cc(S(=O)(=O)N2CC(O)C(O)C2)cn1C1CC1. The fourth-order valence-electron chi connectivity index (χ4n) is 2.50. The highest BCUT2D eigenvalue weighted by molar-refractivity contribution is 7.89. The monoisotopic (exact) mass is 316 g/mol. The molecule has 1 saturated carbocycles. The van der Waals surface area contributed by atoms with E-state index in [-0.39, 0.29) is 29.7 Å². The molecule has 1 aromatic heterocycles. The second-order valence-corrected chi connectivity index (χ2v) is 7.40. The van der Waals surface area contributed by atoms with E-state index < -0.39 is 28.2 Å². The predicted octanol–water partition coefficient (Wildman–Crippen LogP) is -0.753. The molecule has 9 heteroatoms. The van der Waals surface area contributed by atoms with Crippen LogP contribution in [0.5, 0.6) is 0 Å². The van der Waals surface area contributed by atoms with Crippen molar-refractivity contribution in [3.8, 4) is 0 Å². The van der Waals surface area contributed by atoms with Gasteiger partial charge in [-0.2, -0.15) is 4.31 Å². The van der Waals surface area contributed by atoms with E-state index in [1.54, 1.807) is 0 Å². The van der Waals surface area contributed by atoms with Crippen molar-refractivity contribution >= 4 is 16.0 Å². The molecule has 1 aromatic rings. The molecule has 0 amide bonds. The van der Waals surface area contributed by atoms with Crippen LogP contribution in [0.1, 0.15) is 29.4 Å². The summed E-state index contributed by atoms with van der Waals surface area (Å²) in [5.74, 6) is -1.18. The third-order valence-electron chi connectivity index (χ3n) is 3.85. The van der Waals surface area contributed by atoms with Crippen LogP contribution in [0, 0.1) is 0 Å². The fraction of sp³-hybridized carbons (Fsp3) is 0.583. The summed E-state index contributed by atoms with van der Waals surface area (Å²) in [6.07, 6.45) is 0.743. The van der Waals surface area contributed by atoms with Crippen molar-refractivity contribution in [3.63, 3.8) is 0 Å². The Bertz CT molecular complexity index is 668. The molecule has 1 aliphatic carbocycles. The number of aliphatic hydroxyl groups is 2. The highest BCUT2D eigenvalue weighted by Crippen LogP contribution is 2.37. The number of aliphatic hydroxyl groups excluding tert-OH is 2. The van der Waals surface area contributed by atoms with Gasteiger partial charge in [-0.25, -0.2) is 13.2 Å². The molecule has 0 radical (unpaired) electrons. The van der Waals surface area contributed by atoms with Gasteiger partial charge < -0.3 is 19.9 Å². The van der Waals surface area contributed by atoms with E-state index in [1.165, 1.54) is 10.8 Å². The van der Waals surface area contributed by atoms with Gasteiger partial charge in [0.25, 0.3) is 0 Å². The first kappa shape index (κ1) is 14.5. The van der Waals surface area contributed by atoms with Gasteiger partial charge >= 0.3 is 5.97 Å². The molecular formula is C12H16N2O6S. The third kappa shape index (κ3) is 2.46. The Morgan fingerprint density at radius 1 is 1.19 bits per heavy atom. The second-order valence-electron chi connectivity index (χ2n) is 5.46. The maximum atomic E-state index is 12.5. The van der Waals surface area contributed by atoms with Crippen molar-refractivity contribution in [1.82, 2.24) is 8.87 Å². The summed E-state index contributed by atoms with van der Waals surface area (Å²) in [5, 5.41) is 28.1. The minimum atomic E-state index is -3.92. The largest absolute Gasteiger partial charge is 0.477 e. The van der Waals surface area contributed by atoms with E-state index in [1.807, 2.05) is 0 Å². The van der Waals surface area contributed by atoms with Crippen LogP contribution in [0.25, 0.3) is 0 Å². The summed E-state index contributed by atoms with van der Waals surface area (Å²) in [5.41, 5.74) is -0.0589. The normalized spacial score (nSPS) is 27.1. The minimum absolute atomic E-state index is 0.0369. The zero-order chi connectivity index (χ0) is 15.4. The fourth-order valence-corrected chi connectivity index (χ4v) is 4.01. The molecule has 8 nitrogen and oxygen atoms in total.